The monoisotopic (exact) mass is 274 g/mol. The zero-order chi connectivity index (χ0) is 15.1. The first-order valence-corrected chi connectivity index (χ1v) is 7.63. The van der Waals surface area contributed by atoms with Crippen LogP contribution in [0.25, 0.3) is 0 Å². The smallest absolute Gasteiger partial charge is 0.0518 e. The number of hydrogen-bond acceptors (Lipinski definition) is 0. The van der Waals surface area contributed by atoms with Crippen LogP contribution < -0.4 is 0 Å². The van der Waals surface area contributed by atoms with E-state index in [9.17, 15) is 0 Å². The van der Waals surface area contributed by atoms with Crippen molar-refractivity contribution < 1.29 is 0 Å². The molecule has 0 radical (unpaired) electrons. The van der Waals surface area contributed by atoms with Crippen molar-refractivity contribution in [2.24, 2.45) is 5.41 Å². The van der Waals surface area contributed by atoms with Gasteiger partial charge in [-0.2, -0.15) is 0 Å². The number of benzene rings is 1. The van der Waals surface area contributed by atoms with Crippen LogP contribution in [0.3, 0.4) is 0 Å². The lowest BCUT2D eigenvalue weighted by Gasteiger charge is -2.20. The number of hydrogen-bond donors (Lipinski definition) is 0. The third kappa shape index (κ3) is 4.40. The number of aryl methyl sites for hydroxylation is 1. The summed E-state index contributed by atoms with van der Waals surface area (Å²) in [6.07, 6.45) is 16.2. The van der Waals surface area contributed by atoms with Crippen LogP contribution in [0.5, 0.6) is 0 Å². The van der Waals surface area contributed by atoms with E-state index in [1.807, 2.05) is 6.08 Å². The zero-order valence-corrected chi connectivity index (χ0v) is 12.9. The molecule has 0 aromatic heterocycles. The van der Waals surface area contributed by atoms with Crippen LogP contribution in [-0.2, 0) is 6.42 Å². The fourth-order valence-electron chi connectivity index (χ4n) is 2.41. The number of unbranched alkanes of at least 4 members (excludes halogenated alkanes) is 1. The van der Waals surface area contributed by atoms with Crippen LogP contribution in [0.4, 0.5) is 0 Å². The van der Waals surface area contributed by atoms with Crippen molar-refractivity contribution >= 4 is 0 Å². The summed E-state index contributed by atoms with van der Waals surface area (Å²) < 4.78 is 0. The van der Waals surface area contributed by atoms with Gasteiger partial charge in [0.1, 0.15) is 0 Å². The second-order valence-corrected chi connectivity index (χ2v) is 5.82. The molecule has 1 aliphatic carbocycles. The predicted molar refractivity (Wildman–Crippen MR) is 90.7 cm³/mol. The first-order valence-electron chi connectivity index (χ1n) is 7.63. The van der Waals surface area contributed by atoms with Crippen LogP contribution in [0, 0.1) is 29.6 Å². The van der Waals surface area contributed by atoms with Gasteiger partial charge in [0.05, 0.1) is 5.41 Å². The summed E-state index contributed by atoms with van der Waals surface area (Å²) in [5, 5.41) is 0. The summed E-state index contributed by atoms with van der Waals surface area (Å²) in [7, 11) is 0. The summed E-state index contributed by atoms with van der Waals surface area (Å²) in [6, 6.07) is 8.61. The van der Waals surface area contributed by atoms with Gasteiger partial charge in [0.15, 0.2) is 0 Å². The molecule has 1 atom stereocenters. The van der Waals surface area contributed by atoms with Crippen molar-refractivity contribution in [1.82, 2.24) is 0 Å². The topological polar surface area (TPSA) is 0 Å². The molecule has 2 rings (SSSR count). The summed E-state index contributed by atoms with van der Waals surface area (Å²) >= 11 is 0. The highest BCUT2D eigenvalue weighted by Gasteiger charge is 2.19. The lowest BCUT2D eigenvalue weighted by molar-refractivity contribution is 0.579. The van der Waals surface area contributed by atoms with Crippen molar-refractivity contribution in [2.75, 3.05) is 0 Å². The standard InChI is InChI=1S/C21H22/c1-4-6-8-19-10-12-20(13-11-19)14-16-21(3)15-7-9-18(5-2)17-21/h2,7,9-13,17H,4,6,8,15H2,1,3H3. The maximum absolute atomic E-state index is 5.47. The average Bonchev–Trinajstić information content (AvgIpc) is 2.52. The Morgan fingerprint density at radius 3 is 2.67 bits per heavy atom. The number of terminal acetylenes is 1. The first-order chi connectivity index (χ1) is 10.1. The van der Waals surface area contributed by atoms with E-state index in [1.165, 1.54) is 18.4 Å². The van der Waals surface area contributed by atoms with Gasteiger partial charge < -0.3 is 0 Å². The molecule has 1 unspecified atom stereocenters. The van der Waals surface area contributed by atoms with Gasteiger partial charge in [-0.05, 0) is 43.9 Å². The average molecular weight is 274 g/mol. The van der Waals surface area contributed by atoms with Gasteiger partial charge >= 0.3 is 0 Å². The largest absolute Gasteiger partial charge is 0.115 e. The molecule has 0 saturated carbocycles. The second kappa shape index (κ2) is 7.01. The Hall–Kier alpha value is -2.18. The molecule has 0 fully saturated rings. The highest BCUT2D eigenvalue weighted by Crippen LogP contribution is 2.28. The van der Waals surface area contributed by atoms with Crippen LogP contribution in [0.15, 0.2) is 48.1 Å². The Bertz CT molecular complexity index is 638. The lowest BCUT2D eigenvalue weighted by Crippen LogP contribution is -2.12. The van der Waals surface area contributed by atoms with Crippen molar-refractivity contribution in [3.8, 4) is 24.2 Å². The van der Waals surface area contributed by atoms with Crippen LogP contribution in [0.2, 0.25) is 0 Å². The summed E-state index contributed by atoms with van der Waals surface area (Å²) in [6.45, 7) is 4.35. The SMILES string of the molecule is C#CC1=CC(C)(C#Cc2ccc(CCCC)cc2)CC=C1. The van der Waals surface area contributed by atoms with Gasteiger partial charge in [0.25, 0.3) is 0 Å². The van der Waals surface area contributed by atoms with E-state index >= 15 is 0 Å². The molecule has 0 nitrogen and oxygen atoms in total. The van der Waals surface area contributed by atoms with Crippen molar-refractivity contribution in [2.45, 2.75) is 39.5 Å². The first kappa shape index (κ1) is 15.2. The minimum absolute atomic E-state index is 0.155. The lowest BCUT2D eigenvalue weighted by atomic mass is 9.82. The molecule has 0 aliphatic heterocycles. The molecule has 0 bridgehead atoms. The molecular weight excluding hydrogens is 252 g/mol. The molecule has 0 saturated heterocycles. The second-order valence-electron chi connectivity index (χ2n) is 5.82. The van der Waals surface area contributed by atoms with E-state index < -0.39 is 0 Å². The van der Waals surface area contributed by atoms with Crippen LogP contribution >= 0.6 is 0 Å². The number of rotatable bonds is 3. The van der Waals surface area contributed by atoms with E-state index in [0.717, 1.165) is 24.0 Å². The minimum atomic E-state index is -0.155. The quantitative estimate of drug-likeness (QED) is 0.687. The molecular formula is C21H22. The van der Waals surface area contributed by atoms with Gasteiger partial charge in [-0.15, -0.1) is 6.42 Å². The van der Waals surface area contributed by atoms with E-state index in [1.54, 1.807) is 0 Å². The highest BCUT2D eigenvalue weighted by atomic mass is 14.2. The molecule has 0 amide bonds. The molecule has 21 heavy (non-hydrogen) atoms. The van der Waals surface area contributed by atoms with Crippen molar-refractivity contribution in [3.05, 3.63) is 59.2 Å². The molecule has 1 aromatic carbocycles. The highest BCUT2D eigenvalue weighted by molar-refractivity contribution is 5.45. The summed E-state index contributed by atoms with van der Waals surface area (Å²) in [5.74, 6) is 9.34. The van der Waals surface area contributed by atoms with Crippen LogP contribution in [-0.4, -0.2) is 0 Å². The molecule has 1 aliphatic rings. The Labute approximate surface area is 129 Å². The Morgan fingerprint density at radius 2 is 2.00 bits per heavy atom. The maximum atomic E-state index is 5.47. The van der Waals surface area contributed by atoms with Gasteiger partial charge in [-0.1, -0.05) is 61.5 Å². The van der Waals surface area contributed by atoms with Crippen LogP contribution in [0.1, 0.15) is 44.2 Å². The fraction of sp³-hybridized carbons (Fsp3) is 0.333. The van der Waals surface area contributed by atoms with E-state index in [2.05, 4.69) is 68.0 Å². The third-order valence-corrected chi connectivity index (χ3v) is 3.75. The maximum Gasteiger partial charge on any atom is 0.0518 e. The Kier molecular flexibility index (Phi) is 5.08. The van der Waals surface area contributed by atoms with Crippen molar-refractivity contribution in [1.29, 1.82) is 0 Å². The van der Waals surface area contributed by atoms with Crippen molar-refractivity contribution in [3.63, 3.8) is 0 Å². The Balaban J connectivity index is 2.10. The normalized spacial score (nSPS) is 20.1. The summed E-state index contributed by atoms with van der Waals surface area (Å²) in [4.78, 5) is 0. The molecule has 0 N–H and O–H groups in total. The molecule has 1 aromatic rings. The van der Waals surface area contributed by atoms with Gasteiger partial charge in [-0.3, -0.25) is 0 Å². The molecule has 0 spiro atoms. The summed E-state index contributed by atoms with van der Waals surface area (Å²) in [5.41, 5.74) is 3.23. The van der Waals surface area contributed by atoms with E-state index in [-0.39, 0.29) is 5.41 Å². The molecule has 0 heteroatoms. The van der Waals surface area contributed by atoms with Gasteiger partial charge in [0.2, 0.25) is 0 Å². The van der Waals surface area contributed by atoms with Gasteiger partial charge in [-0.25, -0.2) is 0 Å². The van der Waals surface area contributed by atoms with E-state index in [0.29, 0.717) is 0 Å². The zero-order valence-electron chi connectivity index (χ0n) is 12.9. The Morgan fingerprint density at radius 1 is 1.24 bits per heavy atom. The third-order valence-electron chi connectivity index (χ3n) is 3.75. The number of allylic oxidation sites excluding steroid dienone is 4. The predicted octanol–water partition coefficient (Wildman–Crippen LogP) is 4.91. The molecule has 0 heterocycles. The minimum Gasteiger partial charge on any atom is -0.115 e. The van der Waals surface area contributed by atoms with Gasteiger partial charge in [0, 0.05) is 11.1 Å². The molecule has 106 valence electrons. The fourth-order valence-corrected chi connectivity index (χ4v) is 2.41. The van der Waals surface area contributed by atoms with E-state index in [4.69, 9.17) is 6.42 Å².